The van der Waals surface area contributed by atoms with E-state index in [0.29, 0.717) is 5.56 Å². The molecule has 1 amide bonds. The molecular formula is C16H22BF2NO3. The molecule has 0 saturated carbocycles. The van der Waals surface area contributed by atoms with Gasteiger partial charge in [-0.3, -0.25) is 4.79 Å². The lowest BCUT2D eigenvalue weighted by Gasteiger charge is -2.32. The van der Waals surface area contributed by atoms with E-state index in [1.807, 2.05) is 34.6 Å². The molecule has 0 aromatic heterocycles. The molecule has 0 spiro atoms. The number of carbonyl (C=O) groups excluding carboxylic acids is 1. The maximum atomic E-state index is 12.2. The molecule has 1 N–H and O–H groups in total. The third kappa shape index (κ3) is 3.72. The fourth-order valence-electron chi connectivity index (χ4n) is 2.32. The number of aryl methyl sites for hydroxylation is 1. The Morgan fingerprint density at radius 1 is 1.22 bits per heavy atom. The molecule has 1 aromatic carbocycles. The highest BCUT2D eigenvalue weighted by molar-refractivity contribution is 6.62. The van der Waals surface area contributed by atoms with Gasteiger partial charge in [-0.15, -0.1) is 0 Å². The van der Waals surface area contributed by atoms with Gasteiger partial charge < -0.3 is 14.6 Å². The second-order valence-electron chi connectivity index (χ2n) is 6.76. The lowest BCUT2D eigenvalue weighted by atomic mass is 9.76. The Morgan fingerprint density at radius 2 is 1.78 bits per heavy atom. The second kappa shape index (κ2) is 6.21. The molecular weight excluding hydrogens is 303 g/mol. The third-order valence-corrected chi connectivity index (χ3v) is 4.46. The Kier molecular flexibility index (Phi) is 4.82. The largest absolute Gasteiger partial charge is 0.495 e. The monoisotopic (exact) mass is 325 g/mol. The van der Waals surface area contributed by atoms with Gasteiger partial charge >= 0.3 is 7.12 Å². The van der Waals surface area contributed by atoms with Crippen LogP contribution in [-0.4, -0.2) is 37.2 Å². The predicted octanol–water partition coefficient (Wildman–Crippen LogP) is 2.29. The summed E-state index contributed by atoms with van der Waals surface area (Å²) in [5, 5.41) is 2.19. The number of alkyl halides is 2. The molecule has 1 fully saturated rings. The van der Waals surface area contributed by atoms with E-state index in [4.69, 9.17) is 9.31 Å². The highest BCUT2D eigenvalue weighted by Gasteiger charge is 2.52. The van der Waals surface area contributed by atoms with Gasteiger partial charge in [-0.05, 0) is 52.2 Å². The summed E-state index contributed by atoms with van der Waals surface area (Å²) in [6, 6.07) is 4.99. The first kappa shape index (κ1) is 17.9. The Balaban J connectivity index is 2.16. The zero-order valence-corrected chi connectivity index (χ0v) is 14.1. The van der Waals surface area contributed by atoms with E-state index in [0.717, 1.165) is 11.0 Å². The number of rotatable bonds is 4. The van der Waals surface area contributed by atoms with Crippen molar-refractivity contribution in [3.63, 3.8) is 0 Å². The summed E-state index contributed by atoms with van der Waals surface area (Å²) in [6.07, 6.45) is -2.57. The van der Waals surface area contributed by atoms with Gasteiger partial charge in [-0.25, -0.2) is 8.78 Å². The van der Waals surface area contributed by atoms with E-state index in [2.05, 4.69) is 5.32 Å². The molecule has 0 aliphatic carbocycles. The fourth-order valence-corrected chi connectivity index (χ4v) is 2.32. The number of halogens is 2. The van der Waals surface area contributed by atoms with Crippen molar-refractivity contribution in [3.05, 3.63) is 29.3 Å². The van der Waals surface area contributed by atoms with Crippen molar-refractivity contribution in [3.8, 4) is 0 Å². The van der Waals surface area contributed by atoms with Crippen molar-refractivity contribution in [2.24, 2.45) is 0 Å². The van der Waals surface area contributed by atoms with Crippen LogP contribution in [0.3, 0.4) is 0 Å². The van der Waals surface area contributed by atoms with Crippen LogP contribution in [0, 0.1) is 6.92 Å². The number of benzene rings is 1. The van der Waals surface area contributed by atoms with Gasteiger partial charge in [-0.1, -0.05) is 11.6 Å². The molecule has 1 heterocycles. The van der Waals surface area contributed by atoms with E-state index < -0.39 is 37.2 Å². The van der Waals surface area contributed by atoms with Crippen LogP contribution in [0.15, 0.2) is 18.2 Å². The Morgan fingerprint density at radius 3 is 2.26 bits per heavy atom. The van der Waals surface area contributed by atoms with Crippen LogP contribution in [0.4, 0.5) is 8.78 Å². The van der Waals surface area contributed by atoms with Gasteiger partial charge in [0.25, 0.3) is 12.3 Å². The van der Waals surface area contributed by atoms with Gasteiger partial charge in [0.2, 0.25) is 0 Å². The van der Waals surface area contributed by atoms with Gasteiger partial charge in [0.15, 0.2) is 0 Å². The van der Waals surface area contributed by atoms with Crippen LogP contribution in [0.1, 0.15) is 43.6 Å². The first-order valence-corrected chi connectivity index (χ1v) is 7.56. The van der Waals surface area contributed by atoms with Crippen LogP contribution in [-0.2, 0) is 9.31 Å². The standard InChI is InChI=1S/C16H22BF2NO3/c1-10-8-11(14(21)20-9-13(18)19)6-7-12(10)17-22-15(2,3)16(4,5)23-17/h6-8,13H,9H2,1-5H3,(H,20,21). The summed E-state index contributed by atoms with van der Waals surface area (Å²) >= 11 is 0. The smallest absolute Gasteiger partial charge is 0.399 e. The Hall–Kier alpha value is -1.47. The van der Waals surface area contributed by atoms with Crippen molar-refractivity contribution < 1.29 is 22.9 Å². The highest BCUT2D eigenvalue weighted by atomic mass is 19.3. The molecule has 0 bridgehead atoms. The number of hydrogen-bond donors (Lipinski definition) is 1. The molecule has 2 rings (SSSR count). The van der Waals surface area contributed by atoms with Crippen LogP contribution in [0.25, 0.3) is 0 Å². The average Bonchev–Trinajstić information content (AvgIpc) is 2.64. The van der Waals surface area contributed by atoms with Crippen molar-refractivity contribution >= 4 is 18.5 Å². The summed E-state index contributed by atoms with van der Waals surface area (Å²) in [4.78, 5) is 11.8. The van der Waals surface area contributed by atoms with Gasteiger partial charge in [0, 0.05) is 5.56 Å². The Labute approximate surface area is 135 Å². The second-order valence-corrected chi connectivity index (χ2v) is 6.76. The topological polar surface area (TPSA) is 47.6 Å². The molecule has 7 heteroatoms. The quantitative estimate of drug-likeness (QED) is 0.864. The first-order chi connectivity index (χ1) is 10.5. The van der Waals surface area contributed by atoms with Crippen LogP contribution >= 0.6 is 0 Å². The molecule has 1 aromatic rings. The molecule has 0 unspecified atom stereocenters. The normalized spacial score (nSPS) is 19.2. The molecule has 1 saturated heterocycles. The summed E-state index contributed by atoms with van der Waals surface area (Å²) < 4.78 is 36.3. The molecule has 0 radical (unpaired) electrons. The molecule has 1 aliphatic heterocycles. The summed E-state index contributed by atoms with van der Waals surface area (Å²) in [5.74, 6) is -0.520. The van der Waals surface area contributed by atoms with Crippen molar-refractivity contribution in [1.29, 1.82) is 0 Å². The minimum atomic E-state index is -2.57. The maximum absolute atomic E-state index is 12.2. The van der Waals surface area contributed by atoms with E-state index >= 15 is 0 Å². The summed E-state index contributed by atoms with van der Waals surface area (Å²) in [7, 11) is -0.516. The van der Waals surface area contributed by atoms with Gasteiger partial charge in [0.1, 0.15) is 0 Å². The number of hydrogen-bond acceptors (Lipinski definition) is 3. The minimum absolute atomic E-state index is 0.336. The van der Waals surface area contributed by atoms with Crippen LogP contribution in [0.2, 0.25) is 0 Å². The zero-order valence-electron chi connectivity index (χ0n) is 14.1. The highest BCUT2D eigenvalue weighted by Crippen LogP contribution is 2.36. The van der Waals surface area contributed by atoms with E-state index in [1.54, 1.807) is 18.2 Å². The lowest BCUT2D eigenvalue weighted by molar-refractivity contribution is 0.00578. The predicted molar refractivity (Wildman–Crippen MR) is 85.2 cm³/mol. The number of nitrogens with one attached hydrogen (secondary N) is 1. The van der Waals surface area contributed by atoms with Crippen molar-refractivity contribution in [2.45, 2.75) is 52.2 Å². The summed E-state index contributed by atoms with van der Waals surface area (Å²) in [6.45, 7) is 9.05. The minimum Gasteiger partial charge on any atom is -0.399 e. The SMILES string of the molecule is Cc1cc(C(=O)NCC(F)F)ccc1B1OC(C)(C)C(C)(C)O1. The molecule has 23 heavy (non-hydrogen) atoms. The maximum Gasteiger partial charge on any atom is 0.495 e. The van der Waals surface area contributed by atoms with Gasteiger partial charge in [-0.2, -0.15) is 0 Å². The van der Waals surface area contributed by atoms with Crippen LogP contribution < -0.4 is 10.8 Å². The average molecular weight is 325 g/mol. The van der Waals surface area contributed by atoms with E-state index in [1.165, 1.54) is 0 Å². The lowest BCUT2D eigenvalue weighted by Crippen LogP contribution is -2.41. The van der Waals surface area contributed by atoms with Crippen molar-refractivity contribution in [2.75, 3.05) is 6.54 Å². The molecule has 1 aliphatic rings. The van der Waals surface area contributed by atoms with E-state index in [-0.39, 0.29) is 0 Å². The number of amides is 1. The summed E-state index contributed by atoms with van der Waals surface area (Å²) in [5.41, 5.74) is 1.08. The third-order valence-electron chi connectivity index (χ3n) is 4.46. The molecule has 0 atom stereocenters. The fraction of sp³-hybridized carbons (Fsp3) is 0.562. The molecule has 4 nitrogen and oxygen atoms in total. The zero-order chi connectivity index (χ0) is 17.4. The first-order valence-electron chi connectivity index (χ1n) is 7.56. The number of carbonyl (C=O) groups is 1. The molecule has 126 valence electrons. The Bertz CT molecular complexity index is 589. The van der Waals surface area contributed by atoms with Crippen molar-refractivity contribution in [1.82, 2.24) is 5.32 Å². The van der Waals surface area contributed by atoms with Crippen LogP contribution in [0.5, 0.6) is 0 Å². The van der Waals surface area contributed by atoms with E-state index in [9.17, 15) is 13.6 Å². The van der Waals surface area contributed by atoms with Gasteiger partial charge in [0.05, 0.1) is 17.7 Å².